The van der Waals surface area contributed by atoms with Crippen molar-refractivity contribution in [1.82, 2.24) is 10.2 Å². The highest BCUT2D eigenvalue weighted by molar-refractivity contribution is 7.92. The highest BCUT2D eigenvalue weighted by atomic mass is 32.2. The second-order valence-electron chi connectivity index (χ2n) is 4.14. The summed E-state index contributed by atoms with van der Waals surface area (Å²) in [5.41, 5.74) is 0. The first-order valence-corrected chi connectivity index (χ1v) is 7.36. The molecule has 0 spiro atoms. The molecule has 18 heavy (non-hydrogen) atoms. The topological polar surface area (TPSA) is 79.6 Å². The minimum Gasteiger partial charge on any atom is -0.468 e. The van der Waals surface area contributed by atoms with Gasteiger partial charge in [-0.1, -0.05) is 0 Å². The van der Waals surface area contributed by atoms with Crippen molar-refractivity contribution in [2.75, 3.05) is 32.1 Å². The van der Waals surface area contributed by atoms with Gasteiger partial charge in [-0.15, -0.1) is 0 Å². The Morgan fingerprint density at radius 2 is 2.17 bits per heavy atom. The number of amides is 1. The molecule has 0 saturated heterocycles. The zero-order valence-electron chi connectivity index (χ0n) is 10.5. The summed E-state index contributed by atoms with van der Waals surface area (Å²) in [4.78, 5) is 12.6. The summed E-state index contributed by atoms with van der Waals surface area (Å²) in [5, 5.41) is 2.95. The molecule has 6 nitrogen and oxygen atoms in total. The molecule has 0 aliphatic carbocycles. The molecule has 1 amide bonds. The van der Waals surface area contributed by atoms with Crippen LogP contribution >= 0.6 is 0 Å². The normalized spacial score (nSPS) is 11.4. The second kappa shape index (κ2) is 6.55. The number of carbonyl (C=O) groups is 1. The van der Waals surface area contributed by atoms with Crippen LogP contribution in [0.25, 0.3) is 0 Å². The van der Waals surface area contributed by atoms with Crippen molar-refractivity contribution in [2.24, 2.45) is 0 Å². The number of nitrogens with zero attached hydrogens (tertiary/aromatic N) is 1. The zero-order chi connectivity index (χ0) is 13.6. The van der Waals surface area contributed by atoms with Crippen molar-refractivity contribution >= 4 is 15.7 Å². The van der Waals surface area contributed by atoms with Gasteiger partial charge in [-0.05, 0) is 12.1 Å². The number of furan rings is 1. The number of nitrogens with one attached hydrogen (secondary N) is 1. The molecule has 102 valence electrons. The fourth-order valence-electron chi connectivity index (χ4n) is 1.24. The van der Waals surface area contributed by atoms with Crippen LogP contribution in [0.3, 0.4) is 0 Å². The number of hydrogen-bond donors (Lipinski definition) is 1. The summed E-state index contributed by atoms with van der Waals surface area (Å²) in [6.45, 7) is 0.772. The monoisotopic (exact) mass is 274 g/mol. The number of carbonyl (C=O) groups excluding carboxylic acids is 1. The standard InChI is InChI=1S/C11H18N2O4S/c1-13(2)11(14)9-18(15,16)7-5-12-8-10-4-3-6-17-10/h3-4,6,12H,5,7-9H2,1-2H3. The maximum absolute atomic E-state index is 11.6. The largest absolute Gasteiger partial charge is 0.468 e. The van der Waals surface area contributed by atoms with Crippen molar-refractivity contribution in [2.45, 2.75) is 6.54 Å². The summed E-state index contributed by atoms with van der Waals surface area (Å²) in [6, 6.07) is 3.57. The van der Waals surface area contributed by atoms with Crippen LogP contribution in [-0.2, 0) is 21.2 Å². The van der Waals surface area contributed by atoms with Crippen molar-refractivity contribution in [3.8, 4) is 0 Å². The van der Waals surface area contributed by atoms with Gasteiger partial charge in [-0.25, -0.2) is 8.42 Å². The Bertz CT molecular complexity index is 465. The molecule has 7 heteroatoms. The van der Waals surface area contributed by atoms with Crippen LogP contribution in [0.5, 0.6) is 0 Å². The van der Waals surface area contributed by atoms with Crippen LogP contribution in [0.4, 0.5) is 0 Å². The van der Waals surface area contributed by atoms with E-state index in [1.807, 2.05) is 0 Å². The third-order valence-corrected chi connectivity index (χ3v) is 3.82. The van der Waals surface area contributed by atoms with Crippen molar-refractivity contribution < 1.29 is 17.6 Å². The molecule has 1 aromatic heterocycles. The van der Waals surface area contributed by atoms with Crippen LogP contribution < -0.4 is 5.32 Å². The third kappa shape index (κ3) is 5.33. The first kappa shape index (κ1) is 14.7. The van der Waals surface area contributed by atoms with Crippen LogP contribution in [0, 0.1) is 0 Å². The average Bonchev–Trinajstić information content (AvgIpc) is 2.76. The van der Waals surface area contributed by atoms with Crippen LogP contribution in [0.15, 0.2) is 22.8 Å². The Kier molecular flexibility index (Phi) is 5.36. The number of hydrogen-bond acceptors (Lipinski definition) is 5. The van der Waals surface area contributed by atoms with Gasteiger partial charge < -0.3 is 14.6 Å². The van der Waals surface area contributed by atoms with E-state index in [0.29, 0.717) is 13.1 Å². The molecule has 0 atom stereocenters. The van der Waals surface area contributed by atoms with Gasteiger partial charge in [-0.3, -0.25) is 4.79 Å². The van der Waals surface area contributed by atoms with Gasteiger partial charge in [0, 0.05) is 20.6 Å². The fraction of sp³-hybridized carbons (Fsp3) is 0.545. The molecule has 0 unspecified atom stereocenters. The number of sulfone groups is 1. The van der Waals surface area contributed by atoms with Crippen molar-refractivity contribution in [1.29, 1.82) is 0 Å². The second-order valence-corrected chi connectivity index (χ2v) is 6.32. The van der Waals surface area contributed by atoms with Crippen molar-refractivity contribution in [3.05, 3.63) is 24.2 Å². The third-order valence-electron chi connectivity index (χ3n) is 2.31. The Hall–Kier alpha value is -1.34. The van der Waals surface area contributed by atoms with Gasteiger partial charge >= 0.3 is 0 Å². The van der Waals surface area contributed by atoms with Crippen LogP contribution in [-0.4, -0.2) is 51.4 Å². The Morgan fingerprint density at radius 3 is 2.72 bits per heavy atom. The molecule has 0 aliphatic rings. The highest BCUT2D eigenvalue weighted by Crippen LogP contribution is 1.98. The molecule has 1 rings (SSSR count). The van der Waals surface area contributed by atoms with Gasteiger partial charge in [0.1, 0.15) is 11.5 Å². The summed E-state index contributed by atoms with van der Waals surface area (Å²) >= 11 is 0. The van der Waals surface area contributed by atoms with Crippen molar-refractivity contribution in [3.63, 3.8) is 0 Å². The molecule has 0 bridgehead atoms. The van der Waals surface area contributed by atoms with E-state index in [2.05, 4.69) is 5.32 Å². The predicted octanol–water partition coefficient (Wildman–Crippen LogP) is -0.128. The lowest BCUT2D eigenvalue weighted by Crippen LogP contribution is -2.32. The van der Waals surface area contributed by atoms with Gasteiger partial charge in [0.15, 0.2) is 9.84 Å². The SMILES string of the molecule is CN(C)C(=O)CS(=O)(=O)CCNCc1ccco1. The summed E-state index contributed by atoms with van der Waals surface area (Å²) in [6.07, 6.45) is 1.56. The van der Waals surface area contributed by atoms with E-state index in [1.165, 1.54) is 19.0 Å². The van der Waals surface area contributed by atoms with E-state index < -0.39 is 21.5 Å². The first-order chi connectivity index (χ1) is 8.41. The van der Waals surface area contributed by atoms with E-state index in [9.17, 15) is 13.2 Å². The molecule has 0 aromatic carbocycles. The quantitative estimate of drug-likeness (QED) is 0.701. The minimum atomic E-state index is -3.35. The van der Waals surface area contributed by atoms with E-state index in [-0.39, 0.29) is 5.75 Å². The lowest BCUT2D eigenvalue weighted by atomic mass is 10.4. The van der Waals surface area contributed by atoms with Crippen LogP contribution in [0.2, 0.25) is 0 Å². The maximum Gasteiger partial charge on any atom is 0.237 e. The summed E-state index contributed by atoms with van der Waals surface area (Å²) < 4.78 is 28.3. The fourth-order valence-corrected chi connectivity index (χ4v) is 2.48. The Labute approximate surface area is 107 Å². The van der Waals surface area contributed by atoms with E-state index in [4.69, 9.17) is 4.42 Å². The minimum absolute atomic E-state index is 0.0622. The summed E-state index contributed by atoms with van der Waals surface area (Å²) in [5.74, 6) is -0.159. The number of rotatable bonds is 7. The molecule has 0 radical (unpaired) electrons. The van der Waals surface area contributed by atoms with E-state index >= 15 is 0 Å². The highest BCUT2D eigenvalue weighted by Gasteiger charge is 2.17. The maximum atomic E-state index is 11.6. The molecule has 1 N–H and O–H groups in total. The van der Waals surface area contributed by atoms with Gasteiger partial charge in [-0.2, -0.15) is 0 Å². The molecule has 1 heterocycles. The molecule has 0 aliphatic heterocycles. The van der Waals surface area contributed by atoms with E-state index in [1.54, 1.807) is 18.4 Å². The molecular formula is C11H18N2O4S. The molecule has 1 aromatic rings. The lowest BCUT2D eigenvalue weighted by Gasteiger charge is -2.10. The zero-order valence-corrected chi connectivity index (χ0v) is 11.4. The van der Waals surface area contributed by atoms with Gasteiger partial charge in [0.25, 0.3) is 0 Å². The van der Waals surface area contributed by atoms with Gasteiger partial charge in [0.05, 0.1) is 18.6 Å². The Morgan fingerprint density at radius 1 is 1.44 bits per heavy atom. The van der Waals surface area contributed by atoms with Crippen LogP contribution in [0.1, 0.15) is 5.76 Å². The smallest absolute Gasteiger partial charge is 0.237 e. The van der Waals surface area contributed by atoms with Gasteiger partial charge in [0.2, 0.25) is 5.91 Å². The Balaban J connectivity index is 2.27. The lowest BCUT2D eigenvalue weighted by molar-refractivity contribution is -0.125. The molecular weight excluding hydrogens is 256 g/mol. The predicted molar refractivity (Wildman–Crippen MR) is 67.8 cm³/mol. The summed E-state index contributed by atoms with van der Waals surface area (Å²) in [7, 11) is -0.282. The first-order valence-electron chi connectivity index (χ1n) is 5.54. The van der Waals surface area contributed by atoms with E-state index in [0.717, 1.165) is 5.76 Å². The molecule has 0 saturated carbocycles. The molecule has 0 fully saturated rings. The average molecular weight is 274 g/mol.